The summed E-state index contributed by atoms with van der Waals surface area (Å²) < 4.78 is 5.61. The van der Waals surface area contributed by atoms with Crippen molar-refractivity contribution >= 4 is 5.69 Å². The van der Waals surface area contributed by atoms with Crippen LogP contribution in [0.2, 0.25) is 0 Å². The molecule has 0 saturated carbocycles. The van der Waals surface area contributed by atoms with Gasteiger partial charge in [-0.15, -0.1) is 6.58 Å². The maximum atomic E-state index is 10.7. The molecule has 0 amide bonds. The molecular weight excluding hydrogens is 244 g/mol. The number of ether oxygens (including phenoxy) is 1. The number of nitrogens with two attached hydrogens (primary N) is 1. The largest absolute Gasteiger partial charge is 0.493 e. The Bertz CT molecular complexity index is 433. The quantitative estimate of drug-likeness (QED) is 0.321. The first-order valence-corrected chi connectivity index (χ1v) is 6.40. The molecule has 0 heterocycles. The van der Waals surface area contributed by atoms with Crippen molar-refractivity contribution in [2.45, 2.75) is 32.2 Å². The summed E-state index contributed by atoms with van der Waals surface area (Å²) in [7, 11) is 0. The predicted octanol–water partition coefficient (Wildman–Crippen LogP) is 3.18. The number of non-ortho nitro benzene ring substituents is 1. The van der Waals surface area contributed by atoms with E-state index in [2.05, 4.69) is 6.58 Å². The van der Waals surface area contributed by atoms with E-state index in [-0.39, 0.29) is 12.2 Å². The number of unbranched alkanes of at least 4 members (excludes halogenated alkanes) is 3. The van der Waals surface area contributed by atoms with Crippen LogP contribution in [-0.2, 0) is 6.54 Å². The topological polar surface area (TPSA) is 78.4 Å². The van der Waals surface area contributed by atoms with Crippen LogP contribution in [0.3, 0.4) is 0 Å². The summed E-state index contributed by atoms with van der Waals surface area (Å²) in [5.74, 6) is 0.636. The van der Waals surface area contributed by atoms with E-state index in [0.29, 0.717) is 17.9 Å². The summed E-state index contributed by atoms with van der Waals surface area (Å²) in [5, 5.41) is 10.7. The van der Waals surface area contributed by atoms with E-state index >= 15 is 0 Å². The number of nitrogens with zero attached hydrogens (tertiary/aromatic N) is 1. The predicted molar refractivity (Wildman–Crippen MR) is 75.1 cm³/mol. The van der Waals surface area contributed by atoms with Gasteiger partial charge in [0.1, 0.15) is 5.75 Å². The Labute approximate surface area is 113 Å². The molecule has 1 aromatic rings. The lowest BCUT2D eigenvalue weighted by molar-refractivity contribution is -0.384. The van der Waals surface area contributed by atoms with Crippen molar-refractivity contribution in [3.63, 3.8) is 0 Å². The fourth-order valence-corrected chi connectivity index (χ4v) is 1.73. The van der Waals surface area contributed by atoms with Crippen molar-refractivity contribution in [3.8, 4) is 5.75 Å². The summed E-state index contributed by atoms with van der Waals surface area (Å²) >= 11 is 0. The van der Waals surface area contributed by atoms with Gasteiger partial charge in [-0.1, -0.05) is 6.08 Å². The van der Waals surface area contributed by atoms with Crippen LogP contribution in [0.4, 0.5) is 5.69 Å². The SMILES string of the molecule is C=CCCCCCOc1ccc([N+](=O)[O-])cc1CN. The van der Waals surface area contributed by atoms with Crippen molar-refractivity contribution in [3.05, 3.63) is 46.5 Å². The van der Waals surface area contributed by atoms with Crippen LogP contribution >= 0.6 is 0 Å². The van der Waals surface area contributed by atoms with Gasteiger partial charge in [0.15, 0.2) is 0 Å². The van der Waals surface area contributed by atoms with Gasteiger partial charge in [-0.05, 0) is 31.7 Å². The molecule has 0 aliphatic carbocycles. The van der Waals surface area contributed by atoms with E-state index in [4.69, 9.17) is 10.5 Å². The van der Waals surface area contributed by atoms with Gasteiger partial charge in [-0.2, -0.15) is 0 Å². The third kappa shape index (κ3) is 5.09. The van der Waals surface area contributed by atoms with Crippen molar-refractivity contribution in [2.75, 3.05) is 6.61 Å². The average Bonchev–Trinajstić information content (AvgIpc) is 2.42. The zero-order valence-corrected chi connectivity index (χ0v) is 11.0. The number of allylic oxidation sites excluding steroid dienone is 1. The first-order chi connectivity index (χ1) is 9.19. The Morgan fingerprint density at radius 2 is 2.16 bits per heavy atom. The fraction of sp³-hybridized carbons (Fsp3) is 0.429. The molecule has 0 saturated heterocycles. The molecule has 0 fully saturated rings. The molecular formula is C14H20N2O3. The van der Waals surface area contributed by atoms with Crippen molar-refractivity contribution in [2.24, 2.45) is 5.73 Å². The van der Waals surface area contributed by atoms with Gasteiger partial charge in [0, 0.05) is 24.2 Å². The van der Waals surface area contributed by atoms with Crippen LogP contribution in [0.5, 0.6) is 5.75 Å². The molecule has 0 spiro atoms. The minimum atomic E-state index is -0.432. The van der Waals surface area contributed by atoms with Crippen molar-refractivity contribution in [1.82, 2.24) is 0 Å². The standard InChI is InChI=1S/C14H20N2O3/c1-2-3-4-5-6-9-19-14-8-7-13(16(17)18)10-12(14)11-15/h2,7-8,10H,1,3-6,9,11,15H2. The van der Waals surface area contributed by atoms with Gasteiger partial charge in [-0.3, -0.25) is 10.1 Å². The molecule has 0 unspecified atom stereocenters. The minimum absolute atomic E-state index is 0.0405. The molecule has 2 N–H and O–H groups in total. The lowest BCUT2D eigenvalue weighted by Crippen LogP contribution is -2.04. The van der Waals surface area contributed by atoms with Gasteiger partial charge in [0.2, 0.25) is 0 Å². The van der Waals surface area contributed by atoms with Gasteiger partial charge < -0.3 is 10.5 Å². The van der Waals surface area contributed by atoms with Crippen LogP contribution in [0, 0.1) is 10.1 Å². The van der Waals surface area contributed by atoms with Crippen molar-refractivity contribution < 1.29 is 9.66 Å². The Morgan fingerprint density at radius 1 is 1.37 bits per heavy atom. The van der Waals surface area contributed by atoms with E-state index in [1.165, 1.54) is 12.1 Å². The molecule has 19 heavy (non-hydrogen) atoms. The Balaban J connectivity index is 2.49. The van der Waals surface area contributed by atoms with Crippen LogP contribution in [0.1, 0.15) is 31.2 Å². The Morgan fingerprint density at radius 3 is 2.79 bits per heavy atom. The highest BCUT2D eigenvalue weighted by atomic mass is 16.6. The summed E-state index contributed by atoms with van der Waals surface area (Å²) in [6.07, 6.45) is 6.07. The van der Waals surface area contributed by atoms with E-state index in [1.807, 2.05) is 6.08 Å². The van der Waals surface area contributed by atoms with Crippen LogP contribution in [-0.4, -0.2) is 11.5 Å². The molecule has 0 aromatic heterocycles. The number of hydrogen-bond donors (Lipinski definition) is 1. The van der Waals surface area contributed by atoms with E-state index < -0.39 is 4.92 Å². The van der Waals surface area contributed by atoms with Gasteiger partial charge in [-0.25, -0.2) is 0 Å². The maximum Gasteiger partial charge on any atom is 0.270 e. The molecule has 0 radical (unpaired) electrons. The first-order valence-electron chi connectivity index (χ1n) is 6.40. The Hall–Kier alpha value is -1.88. The second-order valence-corrected chi connectivity index (χ2v) is 4.24. The third-order valence-electron chi connectivity index (χ3n) is 2.78. The summed E-state index contributed by atoms with van der Waals surface area (Å²) in [4.78, 5) is 10.2. The highest BCUT2D eigenvalue weighted by molar-refractivity contribution is 5.43. The first kappa shape index (κ1) is 15.2. The lowest BCUT2D eigenvalue weighted by atomic mass is 10.1. The molecule has 0 aliphatic heterocycles. The zero-order valence-electron chi connectivity index (χ0n) is 11.0. The molecule has 0 atom stereocenters. The molecule has 5 nitrogen and oxygen atoms in total. The highest BCUT2D eigenvalue weighted by Crippen LogP contribution is 2.24. The molecule has 0 aliphatic rings. The van der Waals surface area contributed by atoms with Crippen LogP contribution in [0.25, 0.3) is 0 Å². The Kier molecular flexibility index (Phi) is 6.60. The summed E-state index contributed by atoms with van der Waals surface area (Å²) in [6, 6.07) is 4.52. The number of nitro benzene ring substituents is 1. The summed E-state index contributed by atoms with van der Waals surface area (Å²) in [5.41, 5.74) is 6.28. The number of hydrogen-bond acceptors (Lipinski definition) is 4. The van der Waals surface area contributed by atoms with Gasteiger partial charge in [0.05, 0.1) is 11.5 Å². The normalized spacial score (nSPS) is 10.2. The molecule has 0 bridgehead atoms. The number of nitro groups is 1. The van der Waals surface area contributed by atoms with E-state index in [9.17, 15) is 10.1 Å². The molecule has 104 valence electrons. The number of benzene rings is 1. The van der Waals surface area contributed by atoms with Crippen LogP contribution < -0.4 is 10.5 Å². The smallest absolute Gasteiger partial charge is 0.270 e. The van der Waals surface area contributed by atoms with Crippen LogP contribution in [0.15, 0.2) is 30.9 Å². The maximum absolute atomic E-state index is 10.7. The summed E-state index contributed by atoms with van der Waals surface area (Å²) in [6.45, 7) is 4.50. The average molecular weight is 264 g/mol. The van der Waals surface area contributed by atoms with Gasteiger partial charge >= 0.3 is 0 Å². The number of rotatable bonds is 9. The highest BCUT2D eigenvalue weighted by Gasteiger charge is 2.10. The van der Waals surface area contributed by atoms with E-state index in [0.717, 1.165) is 25.7 Å². The molecule has 1 aromatic carbocycles. The fourth-order valence-electron chi connectivity index (χ4n) is 1.73. The second kappa shape index (κ2) is 8.26. The minimum Gasteiger partial charge on any atom is -0.493 e. The molecule has 1 rings (SSSR count). The van der Waals surface area contributed by atoms with Gasteiger partial charge in [0.25, 0.3) is 5.69 Å². The van der Waals surface area contributed by atoms with E-state index in [1.54, 1.807) is 6.07 Å². The monoisotopic (exact) mass is 264 g/mol. The second-order valence-electron chi connectivity index (χ2n) is 4.24. The van der Waals surface area contributed by atoms with Crippen molar-refractivity contribution in [1.29, 1.82) is 0 Å². The third-order valence-corrected chi connectivity index (χ3v) is 2.78. The zero-order chi connectivity index (χ0) is 14.1. The molecule has 5 heteroatoms. The lowest BCUT2D eigenvalue weighted by Gasteiger charge is -2.10.